The lowest BCUT2D eigenvalue weighted by molar-refractivity contribution is 0.0686. The summed E-state index contributed by atoms with van der Waals surface area (Å²) in [5, 5.41) is 21.3. The number of carbonyl (C=O) groups excluding carboxylic acids is 1. The fourth-order valence-electron chi connectivity index (χ4n) is 2.95. The van der Waals surface area contributed by atoms with Crippen LogP contribution in [0.15, 0.2) is 66.7 Å². The van der Waals surface area contributed by atoms with E-state index < -0.39 is 17.8 Å². The number of benzene rings is 3. The van der Waals surface area contributed by atoms with E-state index in [1.165, 1.54) is 24.3 Å². The first-order valence-corrected chi connectivity index (χ1v) is 8.45. The minimum absolute atomic E-state index is 0.102. The molecule has 0 aliphatic heterocycles. The van der Waals surface area contributed by atoms with E-state index >= 15 is 0 Å². The average molecular weight is 375 g/mol. The van der Waals surface area contributed by atoms with E-state index in [1.54, 1.807) is 49.4 Å². The molecule has 6 nitrogen and oxygen atoms in total. The van der Waals surface area contributed by atoms with Crippen molar-refractivity contribution in [3.05, 3.63) is 89.0 Å². The van der Waals surface area contributed by atoms with Gasteiger partial charge in [0, 0.05) is 11.3 Å². The predicted octanol–water partition coefficient (Wildman–Crippen LogP) is 4.31. The zero-order valence-electron chi connectivity index (χ0n) is 15.0. The fraction of sp³-hybridized carbons (Fsp3) is 0.0455. The van der Waals surface area contributed by atoms with Crippen LogP contribution in [-0.2, 0) is 0 Å². The highest BCUT2D eigenvalue weighted by molar-refractivity contribution is 6.10. The van der Waals surface area contributed by atoms with Gasteiger partial charge in [0.05, 0.1) is 11.1 Å². The Morgan fingerprint density at radius 3 is 1.89 bits per heavy atom. The Kier molecular flexibility index (Phi) is 5.22. The van der Waals surface area contributed by atoms with Gasteiger partial charge in [-0.2, -0.15) is 0 Å². The van der Waals surface area contributed by atoms with Crippen LogP contribution in [0.3, 0.4) is 0 Å². The number of aryl methyl sites for hydroxylation is 1. The van der Waals surface area contributed by atoms with Gasteiger partial charge in [0.1, 0.15) is 0 Å². The first-order valence-electron chi connectivity index (χ1n) is 8.45. The van der Waals surface area contributed by atoms with Crippen molar-refractivity contribution in [1.82, 2.24) is 0 Å². The number of hydrogen-bond acceptors (Lipinski definition) is 3. The summed E-state index contributed by atoms with van der Waals surface area (Å²) in [5.41, 5.74) is 2.58. The molecular formula is C22H17NO5. The highest BCUT2D eigenvalue weighted by atomic mass is 16.4. The lowest BCUT2D eigenvalue weighted by Gasteiger charge is -2.13. The maximum atomic E-state index is 12.9. The smallest absolute Gasteiger partial charge is 0.336 e. The predicted molar refractivity (Wildman–Crippen MR) is 105 cm³/mol. The van der Waals surface area contributed by atoms with E-state index in [9.17, 15) is 19.5 Å². The van der Waals surface area contributed by atoms with Crippen molar-refractivity contribution in [2.24, 2.45) is 0 Å². The molecule has 6 heteroatoms. The second kappa shape index (κ2) is 7.75. The summed E-state index contributed by atoms with van der Waals surface area (Å²) >= 11 is 0. The number of carbonyl (C=O) groups is 3. The molecule has 1 amide bonds. The molecule has 0 aliphatic rings. The molecule has 0 radical (unpaired) electrons. The third-order valence-electron chi connectivity index (χ3n) is 4.34. The number of hydrogen-bond donors (Lipinski definition) is 3. The quantitative estimate of drug-likeness (QED) is 0.616. The summed E-state index contributed by atoms with van der Waals surface area (Å²) in [7, 11) is 0. The van der Waals surface area contributed by atoms with Crippen molar-refractivity contribution in [3.8, 4) is 11.1 Å². The summed E-state index contributed by atoms with van der Waals surface area (Å²) in [5.74, 6) is -2.54. The lowest BCUT2D eigenvalue weighted by Crippen LogP contribution is -2.15. The molecule has 3 aromatic carbocycles. The maximum Gasteiger partial charge on any atom is 0.336 e. The van der Waals surface area contributed by atoms with E-state index in [0.717, 1.165) is 0 Å². The minimum Gasteiger partial charge on any atom is -0.478 e. The first-order chi connectivity index (χ1) is 13.4. The molecule has 0 aliphatic carbocycles. The van der Waals surface area contributed by atoms with Gasteiger partial charge >= 0.3 is 11.9 Å². The van der Waals surface area contributed by atoms with Gasteiger partial charge in [-0.15, -0.1) is 0 Å². The molecule has 0 bridgehead atoms. The molecule has 3 aromatic rings. The van der Waals surface area contributed by atoms with Gasteiger partial charge in [-0.05, 0) is 53.9 Å². The van der Waals surface area contributed by atoms with E-state index in [-0.39, 0.29) is 11.1 Å². The second-order valence-electron chi connectivity index (χ2n) is 6.19. The van der Waals surface area contributed by atoms with E-state index in [4.69, 9.17) is 5.11 Å². The van der Waals surface area contributed by atoms with Gasteiger partial charge in [-0.3, -0.25) is 4.79 Å². The minimum atomic E-state index is -1.08. The molecule has 0 unspecified atom stereocenters. The summed E-state index contributed by atoms with van der Waals surface area (Å²) in [6.07, 6.45) is 0. The van der Waals surface area contributed by atoms with Crippen molar-refractivity contribution >= 4 is 23.5 Å². The van der Waals surface area contributed by atoms with Crippen LogP contribution in [0.1, 0.15) is 36.6 Å². The van der Waals surface area contributed by atoms with Crippen LogP contribution in [0, 0.1) is 6.92 Å². The van der Waals surface area contributed by atoms with Crippen LogP contribution in [0.25, 0.3) is 11.1 Å². The molecular weight excluding hydrogens is 358 g/mol. The molecule has 0 atom stereocenters. The molecule has 140 valence electrons. The second-order valence-corrected chi connectivity index (χ2v) is 6.19. The van der Waals surface area contributed by atoms with Crippen LogP contribution < -0.4 is 5.32 Å². The van der Waals surface area contributed by atoms with Gasteiger partial charge in [0.2, 0.25) is 0 Å². The highest BCUT2D eigenvalue weighted by Crippen LogP contribution is 2.28. The lowest BCUT2D eigenvalue weighted by atomic mass is 9.95. The Labute approximate surface area is 161 Å². The van der Waals surface area contributed by atoms with Crippen LogP contribution in [0.5, 0.6) is 0 Å². The molecule has 0 heterocycles. The van der Waals surface area contributed by atoms with Crippen molar-refractivity contribution in [2.75, 3.05) is 5.32 Å². The number of carboxylic acids is 2. The summed E-state index contributed by atoms with van der Waals surface area (Å²) in [6, 6.07) is 17.6. The Morgan fingerprint density at radius 1 is 0.750 bits per heavy atom. The average Bonchev–Trinajstić information content (AvgIpc) is 2.69. The SMILES string of the molecule is Cc1cc(C(=O)O)ccc1NC(=O)c1ccccc1-c1ccccc1C(=O)O. The summed E-state index contributed by atoms with van der Waals surface area (Å²) in [4.78, 5) is 35.5. The zero-order chi connectivity index (χ0) is 20.3. The monoisotopic (exact) mass is 375 g/mol. The van der Waals surface area contributed by atoms with Gasteiger partial charge in [0.25, 0.3) is 5.91 Å². The van der Waals surface area contributed by atoms with Crippen LogP contribution >= 0.6 is 0 Å². The largest absolute Gasteiger partial charge is 0.478 e. The Bertz CT molecular complexity index is 1090. The normalized spacial score (nSPS) is 10.3. The van der Waals surface area contributed by atoms with E-state index in [0.29, 0.717) is 27.9 Å². The van der Waals surface area contributed by atoms with E-state index in [1.807, 2.05) is 0 Å². The standard InChI is InChI=1S/C22H17NO5/c1-13-12-14(21(25)26)10-11-19(13)23-20(24)17-8-4-2-6-15(17)16-7-3-5-9-18(16)22(27)28/h2-12H,1H3,(H,23,24)(H,25,26)(H,27,28). The Balaban J connectivity index is 1.99. The number of rotatable bonds is 5. The number of nitrogens with one attached hydrogen (secondary N) is 1. The Hall–Kier alpha value is -3.93. The van der Waals surface area contributed by atoms with Crippen molar-refractivity contribution < 1.29 is 24.6 Å². The molecule has 0 saturated carbocycles. The van der Waals surface area contributed by atoms with Gasteiger partial charge in [-0.1, -0.05) is 36.4 Å². The first kappa shape index (κ1) is 18.8. The number of amides is 1. The summed E-state index contributed by atoms with van der Waals surface area (Å²) < 4.78 is 0. The number of anilines is 1. The molecule has 0 fully saturated rings. The molecule has 3 N–H and O–H groups in total. The Morgan fingerprint density at radius 2 is 1.32 bits per heavy atom. The van der Waals surface area contributed by atoms with Gasteiger partial charge < -0.3 is 15.5 Å². The van der Waals surface area contributed by atoms with Gasteiger partial charge in [-0.25, -0.2) is 9.59 Å². The third kappa shape index (κ3) is 3.76. The van der Waals surface area contributed by atoms with Crippen molar-refractivity contribution in [1.29, 1.82) is 0 Å². The highest BCUT2D eigenvalue weighted by Gasteiger charge is 2.18. The molecule has 0 spiro atoms. The third-order valence-corrected chi connectivity index (χ3v) is 4.34. The topological polar surface area (TPSA) is 104 Å². The van der Waals surface area contributed by atoms with E-state index in [2.05, 4.69) is 5.32 Å². The number of aromatic carboxylic acids is 2. The molecule has 0 aromatic heterocycles. The molecule has 28 heavy (non-hydrogen) atoms. The van der Waals surface area contributed by atoms with Gasteiger partial charge in [0.15, 0.2) is 0 Å². The number of carboxylic acid groups (broad SMARTS) is 2. The van der Waals surface area contributed by atoms with Crippen molar-refractivity contribution in [2.45, 2.75) is 6.92 Å². The van der Waals surface area contributed by atoms with Crippen molar-refractivity contribution in [3.63, 3.8) is 0 Å². The molecule has 0 saturated heterocycles. The fourth-order valence-corrected chi connectivity index (χ4v) is 2.95. The zero-order valence-corrected chi connectivity index (χ0v) is 15.0. The van der Waals surface area contributed by atoms with Crippen LogP contribution in [0.4, 0.5) is 5.69 Å². The van der Waals surface area contributed by atoms with Crippen LogP contribution in [0.2, 0.25) is 0 Å². The summed E-state index contributed by atoms with van der Waals surface area (Å²) in [6.45, 7) is 1.70. The molecule has 3 rings (SSSR count). The maximum absolute atomic E-state index is 12.9. The van der Waals surface area contributed by atoms with Crippen LogP contribution in [-0.4, -0.2) is 28.1 Å².